The number of hydrogen-bond donors (Lipinski definition) is 0. The molecule has 6 atom stereocenters. The van der Waals surface area contributed by atoms with Crippen LogP contribution < -0.4 is 0 Å². The van der Waals surface area contributed by atoms with Crippen molar-refractivity contribution in [2.24, 2.45) is 0 Å². The van der Waals surface area contributed by atoms with Gasteiger partial charge in [0.05, 0.1) is 12.8 Å². The van der Waals surface area contributed by atoms with Crippen LogP contribution in [-0.4, -0.2) is 61.0 Å². The molecule has 0 radical (unpaired) electrons. The molecular formula is C17H27FO7. The summed E-state index contributed by atoms with van der Waals surface area (Å²) in [6.45, 7) is 8.88. The number of esters is 1. The van der Waals surface area contributed by atoms with Crippen LogP contribution >= 0.6 is 0 Å². The summed E-state index contributed by atoms with van der Waals surface area (Å²) in [6.07, 6.45) is -3.83. The van der Waals surface area contributed by atoms with Gasteiger partial charge in [-0.25, -0.2) is 4.39 Å². The van der Waals surface area contributed by atoms with E-state index in [0.29, 0.717) is 6.61 Å². The largest absolute Gasteiger partial charge is 0.456 e. The maximum absolute atomic E-state index is 13.0. The lowest BCUT2D eigenvalue weighted by molar-refractivity contribution is -0.235. The maximum Gasteiger partial charge on any atom is 0.306 e. The molecule has 3 aliphatic rings. The highest BCUT2D eigenvalue weighted by molar-refractivity contribution is 5.69. The van der Waals surface area contributed by atoms with Gasteiger partial charge in [-0.1, -0.05) is 0 Å². The Labute approximate surface area is 147 Å². The quantitative estimate of drug-likeness (QED) is 0.693. The van der Waals surface area contributed by atoms with Crippen molar-refractivity contribution in [2.75, 3.05) is 6.61 Å². The van der Waals surface area contributed by atoms with Gasteiger partial charge in [-0.05, 0) is 41.0 Å². The van der Waals surface area contributed by atoms with Crippen molar-refractivity contribution < 1.29 is 37.6 Å². The number of fused-ring (bicyclic) bond motifs is 1. The Morgan fingerprint density at radius 1 is 1.16 bits per heavy atom. The van der Waals surface area contributed by atoms with Gasteiger partial charge in [-0.2, -0.15) is 0 Å². The summed E-state index contributed by atoms with van der Waals surface area (Å²) in [7, 11) is 0. The van der Waals surface area contributed by atoms with E-state index in [9.17, 15) is 9.18 Å². The molecule has 25 heavy (non-hydrogen) atoms. The highest BCUT2D eigenvalue weighted by Crippen LogP contribution is 2.42. The molecule has 0 aromatic rings. The van der Waals surface area contributed by atoms with Crippen LogP contribution in [0.1, 0.15) is 47.5 Å². The summed E-state index contributed by atoms with van der Waals surface area (Å²) >= 11 is 0. The normalized spacial score (nSPS) is 40.0. The Kier molecular flexibility index (Phi) is 5.11. The molecule has 0 bridgehead atoms. The van der Waals surface area contributed by atoms with Gasteiger partial charge in [0.15, 0.2) is 30.1 Å². The minimum absolute atomic E-state index is 0.00393. The molecule has 3 rings (SSSR count). The molecule has 144 valence electrons. The third kappa shape index (κ3) is 4.31. The molecule has 3 aliphatic heterocycles. The molecule has 3 saturated heterocycles. The summed E-state index contributed by atoms with van der Waals surface area (Å²) < 4.78 is 47.5. The van der Waals surface area contributed by atoms with Gasteiger partial charge in [-0.3, -0.25) is 4.79 Å². The van der Waals surface area contributed by atoms with E-state index in [0.717, 1.165) is 0 Å². The number of halogens is 1. The molecule has 0 aromatic heterocycles. The molecule has 0 amide bonds. The zero-order valence-electron chi connectivity index (χ0n) is 15.3. The SMILES string of the molecule is CC(F)CCC(=O)O[C@H]1[C@H]([C@H]2COC(C)(C)O2)O[C@@H]2OC(C)(C)O[C@@H]21. The minimum Gasteiger partial charge on any atom is -0.456 e. The van der Waals surface area contributed by atoms with Gasteiger partial charge in [0, 0.05) is 6.42 Å². The van der Waals surface area contributed by atoms with Crippen molar-refractivity contribution in [3.63, 3.8) is 0 Å². The Morgan fingerprint density at radius 2 is 1.88 bits per heavy atom. The predicted molar refractivity (Wildman–Crippen MR) is 83.3 cm³/mol. The van der Waals surface area contributed by atoms with Crippen molar-refractivity contribution in [2.45, 2.75) is 95.9 Å². The number of carbonyl (C=O) groups is 1. The molecule has 8 heteroatoms. The van der Waals surface area contributed by atoms with Crippen LogP contribution in [0.15, 0.2) is 0 Å². The number of hydrogen-bond acceptors (Lipinski definition) is 7. The smallest absolute Gasteiger partial charge is 0.306 e. The van der Waals surface area contributed by atoms with Gasteiger partial charge in [-0.15, -0.1) is 0 Å². The molecular weight excluding hydrogens is 335 g/mol. The molecule has 7 nitrogen and oxygen atoms in total. The highest BCUT2D eigenvalue weighted by atomic mass is 19.1. The van der Waals surface area contributed by atoms with Crippen LogP contribution in [0.4, 0.5) is 4.39 Å². The second-order valence-corrected chi connectivity index (χ2v) is 7.71. The summed E-state index contributed by atoms with van der Waals surface area (Å²) in [4.78, 5) is 12.1. The van der Waals surface area contributed by atoms with E-state index in [2.05, 4.69) is 0 Å². The van der Waals surface area contributed by atoms with Crippen LogP contribution in [0.5, 0.6) is 0 Å². The van der Waals surface area contributed by atoms with E-state index in [1.54, 1.807) is 13.8 Å². The molecule has 0 aliphatic carbocycles. The molecule has 0 N–H and O–H groups in total. The number of rotatable bonds is 5. The van der Waals surface area contributed by atoms with E-state index in [1.807, 2.05) is 13.8 Å². The first-order valence-corrected chi connectivity index (χ1v) is 8.73. The summed E-state index contributed by atoms with van der Waals surface area (Å²) in [5, 5.41) is 0. The standard InChI is InChI=1S/C17H27FO7/c1-9(18)6-7-11(19)21-13-12(10-8-20-16(2,3)23-10)22-15-14(13)24-17(4,5)25-15/h9-10,12-15H,6-8H2,1-5H3/t9?,10-,12+,13+,14-,15-/m1/s1. The van der Waals surface area contributed by atoms with Gasteiger partial charge in [0.25, 0.3) is 0 Å². The summed E-state index contributed by atoms with van der Waals surface area (Å²) in [5.41, 5.74) is 0. The van der Waals surface area contributed by atoms with E-state index in [-0.39, 0.29) is 12.8 Å². The van der Waals surface area contributed by atoms with Crippen LogP contribution in [0, 0.1) is 0 Å². The Bertz CT molecular complexity index is 507. The van der Waals surface area contributed by atoms with E-state index in [4.69, 9.17) is 28.4 Å². The second kappa shape index (κ2) is 6.74. The van der Waals surface area contributed by atoms with Gasteiger partial charge in [0.2, 0.25) is 0 Å². The molecule has 3 heterocycles. The van der Waals surface area contributed by atoms with Crippen molar-refractivity contribution in [3.05, 3.63) is 0 Å². The van der Waals surface area contributed by atoms with Crippen LogP contribution in [0.3, 0.4) is 0 Å². The molecule has 0 aromatic carbocycles. The van der Waals surface area contributed by atoms with E-state index in [1.165, 1.54) is 6.92 Å². The molecule has 0 spiro atoms. The summed E-state index contributed by atoms with van der Waals surface area (Å²) in [6, 6.07) is 0. The topological polar surface area (TPSA) is 72.5 Å². The number of alkyl halides is 1. The third-order valence-electron chi connectivity index (χ3n) is 4.44. The molecule has 0 saturated carbocycles. The van der Waals surface area contributed by atoms with Gasteiger partial charge < -0.3 is 28.4 Å². The fraction of sp³-hybridized carbons (Fsp3) is 0.941. The van der Waals surface area contributed by atoms with Crippen LogP contribution in [-0.2, 0) is 33.2 Å². The lowest BCUT2D eigenvalue weighted by Gasteiger charge is -2.28. The van der Waals surface area contributed by atoms with Crippen LogP contribution in [0.2, 0.25) is 0 Å². The average molecular weight is 362 g/mol. The monoisotopic (exact) mass is 362 g/mol. The van der Waals surface area contributed by atoms with E-state index >= 15 is 0 Å². The van der Waals surface area contributed by atoms with Crippen molar-refractivity contribution in [1.82, 2.24) is 0 Å². The van der Waals surface area contributed by atoms with Crippen LogP contribution in [0.25, 0.3) is 0 Å². The lowest BCUT2D eigenvalue weighted by atomic mass is 10.1. The average Bonchev–Trinajstić information content (AvgIpc) is 3.08. The minimum atomic E-state index is -1.06. The maximum atomic E-state index is 13.0. The number of ether oxygens (including phenoxy) is 6. The zero-order chi connectivity index (χ0) is 18.4. The van der Waals surface area contributed by atoms with Crippen molar-refractivity contribution in [1.29, 1.82) is 0 Å². The van der Waals surface area contributed by atoms with E-state index < -0.39 is 54.4 Å². The predicted octanol–water partition coefficient (Wildman–Crippen LogP) is 2.06. The van der Waals surface area contributed by atoms with Gasteiger partial charge >= 0.3 is 5.97 Å². The fourth-order valence-corrected chi connectivity index (χ4v) is 3.34. The first kappa shape index (κ1) is 19.0. The third-order valence-corrected chi connectivity index (χ3v) is 4.44. The molecule has 1 unspecified atom stereocenters. The Hall–Kier alpha value is -0.800. The van der Waals surface area contributed by atoms with Crippen molar-refractivity contribution in [3.8, 4) is 0 Å². The Morgan fingerprint density at radius 3 is 2.48 bits per heavy atom. The first-order chi connectivity index (χ1) is 11.6. The molecule has 3 fully saturated rings. The Balaban J connectivity index is 1.70. The highest BCUT2D eigenvalue weighted by Gasteiger charge is 2.59. The van der Waals surface area contributed by atoms with Crippen molar-refractivity contribution >= 4 is 5.97 Å². The fourth-order valence-electron chi connectivity index (χ4n) is 3.34. The second-order valence-electron chi connectivity index (χ2n) is 7.71. The first-order valence-electron chi connectivity index (χ1n) is 8.73. The zero-order valence-corrected chi connectivity index (χ0v) is 15.3. The van der Waals surface area contributed by atoms with Gasteiger partial charge in [0.1, 0.15) is 12.2 Å². The lowest BCUT2D eigenvalue weighted by Crippen LogP contribution is -2.45. The summed E-state index contributed by atoms with van der Waals surface area (Å²) in [5.74, 6) is -2.05. The number of carbonyl (C=O) groups excluding carboxylic acids is 1.